The minimum atomic E-state index is 0.492. The number of rotatable bonds is 5. The van der Waals surface area contributed by atoms with Gasteiger partial charge in [-0.1, -0.05) is 12.1 Å². The van der Waals surface area contributed by atoms with Gasteiger partial charge in [-0.15, -0.1) is 11.3 Å². The van der Waals surface area contributed by atoms with Gasteiger partial charge in [0.15, 0.2) is 0 Å². The summed E-state index contributed by atoms with van der Waals surface area (Å²) in [7, 11) is 0. The summed E-state index contributed by atoms with van der Waals surface area (Å²) in [5, 5.41) is 5.30. The maximum absolute atomic E-state index is 5.88. The molecule has 2 aromatic carbocycles. The molecule has 0 atom stereocenters. The number of para-hydroxylation sites is 1. The first-order valence-corrected chi connectivity index (χ1v) is 8.74. The summed E-state index contributed by atoms with van der Waals surface area (Å²) < 4.78 is 9.05. The van der Waals surface area contributed by atoms with Crippen molar-refractivity contribution in [2.45, 2.75) is 20.1 Å². The molecule has 4 rings (SSSR count). The molecular weight excluding hydrogens is 318 g/mol. The Morgan fingerprint density at radius 3 is 2.67 bits per heavy atom. The normalized spacial score (nSPS) is 11.0. The van der Waals surface area contributed by atoms with Gasteiger partial charge in [-0.05, 0) is 49.4 Å². The van der Waals surface area contributed by atoms with Crippen molar-refractivity contribution < 1.29 is 4.74 Å². The second kappa shape index (κ2) is 6.45. The van der Waals surface area contributed by atoms with Gasteiger partial charge in [0.25, 0.3) is 0 Å². The molecule has 0 spiro atoms. The summed E-state index contributed by atoms with van der Waals surface area (Å²) in [5.74, 6) is 0.848. The molecule has 2 heterocycles. The predicted molar refractivity (Wildman–Crippen MR) is 97.3 cm³/mol. The van der Waals surface area contributed by atoms with Crippen LogP contribution in [-0.2, 0) is 13.2 Å². The number of aromatic nitrogens is 3. The standard InChI is InChI=1S/C19H17N3OS/c1-2-22-17(11-12-20-22)14-7-9-15(10-8-14)23-13-19-21-16-5-3-4-6-18(16)24-19/h3-12H,2,13H2,1H3. The molecule has 0 saturated carbocycles. The van der Waals surface area contributed by atoms with E-state index in [0.29, 0.717) is 6.61 Å². The topological polar surface area (TPSA) is 39.9 Å². The Balaban J connectivity index is 1.47. The fraction of sp³-hybridized carbons (Fsp3) is 0.158. The maximum Gasteiger partial charge on any atom is 0.140 e. The molecule has 0 fully saturated rings. The van der Waals surface area contributed by atoms with Crippen LogP contribution in [0.2, 0.25) is 0 Å². The zero-order chi connectivity index (χ0) is 16.4. The third-order valence-corrected chi connectivity index (χ3v) is 4.88. The number of benzene rings is 2. The molecule has 0 aliphatic heterocycles. The first-order valence-electron chi connectivity index (χ1n) is 7.93. The first kappa shape index (κ1) is 14.9. The van der Waals surface area contributed by atoms with Gasteiger partial charge in [-0.25, -0.2) is 4.98 Å². The number of hydrogen-bond acceptors (Lipinski definition) is 4. The van der Waals surface area contributed by atoms with Gasteiger partial charge in [0, 0.05) is 18.3 Å². The molecule has 5 heteroatoms. The molecule has 4 aromatic rings. The van der Waals surface area contributed by atoms with Crippen molar-refractivity contribution in [3.63, 3.8) is 0 Å². The monoisotopic (exact) mass is 335 g/mol. The Labute approximate surface area is 144 Å². The molecule has 0 saturated heterocycles. The highest BCUT2D eigenvalue weighted by atomic mass is 32.1. The Hall–Kier alpha value is -2.66. The molecule has 0 aliphatic rings. The molecule has 2 aromatic heterocycles. The molecule has 0 N–H and O–H groups in total. The van der Waals surface area contributed by atoms with Crippen LogP contribution in [0.1, 0.15) is 11.9 Å². The van der Waals surface area contributed by atoms with Crippen LogP contribution in [-0.4, -0.2) is 14.8 Å². The lowest BCUT2D eigenvalue weighted by Crippen LogP contribution is -1.99. The average molecular weight is 335 g/mol. The van der Waals surface area contributed by atoms with E-state index in [1.165, 1.54) is 4.70 Å². The summed E-state index contributed by atoms with van der Waals surface area (Å²) in [6.07, 6.45) is 1.83. The molecular formula is C19H17N3OS. The fourth-order valence-corrected chi connectivity index (χ4v) is 3.56. The number of aryl methyl sites for hydroxylation is 1. The van der Waals surface area contributed by atoms with Gasteiger partial charge in [0.1, 0.15) is 17.4 Å². The summed E-state index contributed by atoms with van der Waals surface area (Å²) in [4.78, 5) is 4.59. The van der Waals surface area contributed by atoms with Crippen molar-refractivity contribution in [2.75, 3.05) is 0 Å². The Morgan fingerprint density at radius 1 is 1.04 bits per heavy atom. The quantitative estimate of drug-likeness (QED) is 0.528. The maximum atomic E-state index is 5.88. The number of thiazole rings is 1. The van der Waals surface area contributed by atoms with E-state index >= 15 is 0 Å². The van der Waals surface area contributed by atoms with Gasteiger partial charge in [0.05, 0.1) is 15.9 Å². The zero-order valence-corrected chi connectivity index (χ0v) is 14.2. The van der Waals surface area contributed by atoms with Crippen LogP contribution in [0.25, 0.3) is 21.5 Å². The van der Waals surface area contributed by atoms with Gasteiger partial charge < -0.3 is 4.74 Å². The molecule has 0 unspecified atom stereocenters. The van der Waals surface area contributed by atoms with Gasteiger partial charge in [0.2, 0.25) is 0 Å². The van der Waals surface area contributed by atoms with E-state index in [4.69, 9.17) is 4.74 Å². The van der Waals surface area contributed by atoms with E-state index < -0.39 is 0 Å². The molecule has 0 aliphatic carbocycles. The molecule has 0 radical (unpaired) electrons. The van der Waals surface area contributed by atoms with Crippen molar-refractivity contribution >= 4 is 21.6 Å². The highest BCUT2D eigenvalue weighted by Gasteiger charge is 2.06. The summed E-state index contributed by atoms with van der Waals surface area (Å²) in [6, 6.07) is 18.3. The van der Waals surface area contributed by atoms with E-state index in [0.717, 1.165) is 34.1 Å². The second-order valence-corrected chi connectivity index (χ2v) is 6.54. The Bertz CT molecular complexity index is 923. The number of ether oxygens (including phenoxy) is 1. The third kappa shape index (κ3) is 2.90. The SMILES string of the molecule is CCn1nccc1-c1ccc(OCc2nc3ccccc3s2)cc1. The van der Waals surface area contributed by atoms with Crippen LogP contribution in [0.3, 0.4) is 0 Å². The summed E-state index contributed by atoms with van der Waals surface area (Å²) >= 11 is 1.67. The lowest BCUT2D eigenvalue weighted by atomic mass is 10.1. The molecule has 4 nitrogen and oxygen atoms in total. The summed E-state index contributed by atoms with van der Waals surface area (Å²) in [5.41, 5.74) is 3.29. The highest BCUT2D eigenvalue weighted by molar-refractivity contribution is 7.18. The van der Waals surface area contributed by atoms with E-state index in [1.807, 2.05) is 47.3 Å². The van der Waals surface area contributed by atoms with E-state index in [2.05, 4.69) is 35.2 Å². The predicted octanol–water partition coefficient (Wildman–Crippen LogP) is 4.76. The van der Waals surface area contributed by atoms with Crippen molar-refractivity contribution in [1.29, 1.82) is 0 Å². The lowest BCUT2D eigenvalue weighted by molar-refractivity contribution is 0.306. The minimum Gasteiger partial charge on any atom is -0.486 e. The van der Waals surface area contributed by atoms with Gasteiger partial charge >= 0.3 is 0 Å². The molecule has 0 bridgehead atoms. The van der Waals surface area contributed by atoms with Crippen LogP contribution >= 0.6 is 11.3 Å². The summed E-state index contributed by atoms with van der Waals surface area (Å²) in [6.45, 7) is 3.44. The van der Waals surface area contributed by atoms with Gasteiger partial charge in [-0.2, -0.15) is 5.10 Å². The highest BCUT2D eigenvalue weighted by Crippen LogP contribution is 2.25. The van der Waals surface area contributed by atoms with Crippen LogP contribution in [0.4, 0.5) is 0 Å². The van der Waals surface area contributed by atoms with Crippen molar-refractivity contribution in [2.24, 2.45) is 0 Å². The number of nitrogens with zero attached hydrogens (tertiary/aromatic N) is 3. The van der Waals surface area contributed by atoms with Crippen LogP contribution in [0.15, 0.2) is 60.8 Å². The minimum absolute atomic E-state index is 0.492. The molecule has 24 heavy (non-hydrogen) atoms. The van der Waals surface area contributed by atoms with Crippen molar-refractivity contribution in [3.8, 4) is 17.0 Å². The van der Waals surface area contributed by atoms with Crippen molar-refractivity contribution in [1.82, 2.24) is 14.8 Å². The van der Waals surface area contributed by atoms with E-state index in [1.54, 1.807) is 11.3 Å². The Kier molecular flexibility index (Phi) is 4.01. The Morgan fingerprint density at radius 2 is 1.88 bits per heavy atom. The van der Waals surface area contributed by atoms with E-state index in [-0.39, 0.29) is 0 Å². The zero-order valence-electron chi connectivity index (χ0n) is 13.3. The number of fused-ring (bicyclic) bond motifs is 1. The van der Waals surface area contributed by atoms with Crippen LogP contribution in [0, 0.1) is 0 Å². The lowest BCUT2D eigenvalue weighted by Gasteiger charge is -2.07. The van der Waals surface area contributed by atoms with Gasteiger partial charge in [-0.3, -0.25) is 4.68 Å². The molecule has 0 amide bonds. The largest absolute Gasteiger partial charge is 0.486 e. The third-order valence-electron chi connectivity index (χ3n) is 3.87. The van der Waals surface area contributed by atoms with Crippen molar-refractivity contribution in [3.05, 3.63) is 65.8 Å². The van der Waals surface area contributed by atoms with Crippen LogP contribution in [0.5, 0.6) is 5.75 Å². The molecule has 120 valence electrons. The van der Waals surface area contributed by atoms with E-state index in [9.17, 15) is 0 Å². The number of hydrogen-bond donors (Lipinski definition) is 0. The second-order valence-electron chi connectivity index (χ2n) is 5.42. The first-order chi connectivity index (χ1) is 11.8. The average Bonchev–Trinajstić information content (AvgIpc) is 3.26. The smallest absolute Gasteiger partial charge is 0.140 e. The van der Waals surface area contributed by atoms with Crippen LogP contribution < -0.4 is 4.74 Å². The fourth-order valence-electron chi connectivity index (χ4n) is 2.68.